The van der Waals surface area contributed by atoms with E-state index in [1.807, 2.05) is 12.1 Å². The fourth-order valence-electron chi connectivity index (χ4n) is 3.36. The number of piperazine rings is 1. The second kappa shape index (κ2) is 8.20. The summed E-state index contributed by atoms with van der Waals surface area (Å²) in [5.74, 6) is 0.693. The highest BCUT2D eigenvalue weighted by atomic mass is 32.1. The lowest BCUT2D eigenvalue weighted by molar-refractivity contribution is -1.01. The predicted octanol–water partition coefficient (Wildman–Crippen LogP) is 0.539. The molecule has 1 aromatic heterocycles. The van der Waals surface area contributed by atoms with E-state index in [4.69, 9.17) is 4.74 Å². The topological polar surface area (TPSA) is 47.2 Å². The number of likely N-dealkylation sites (N-methyl/N-ethyl adjacent to an activating group) is 1. The fourth-order valence-corrected chi connectivity index (χ4v) is 4.44. The molecule has 3 N–H and O–H groups in total. The zero-order valence-corrected chi connectivity index (χ0v) is 16.9. The monoisotopic (exact) mass is 375 g/mol. The molecule has 1 aliphatic rings. The molecule has 0 spiro atoms. The maximum atomic E-state index is 12.7. The number of benzene rings is 1. The molecule has 3 rings (SSSR count). The third-order valence-electron chi connectivity index (χ3n) is 5.33. The Morgan fingerprint density at radius 2 is 1.81 bits per heavy atom. The summed E-state index contributed by atoms with van der Waals surface area (Å²) in [5, 5.41) is 4.14. The van der Waals surface area contributed by atoms with Crippen molar-refractivity contribution in [3.05, 3.63) is 45.8 Å². The molecule has 140 valence electrons. The van der Waals surface area contributed by atoms with E-state index in [-0.39, 0.29) is 5.91 Å². The Morgan fingerprint density at radius 1 is 1.15 bits per heavy atom. The quantitative estimate of drug-likeness (QED) is 0.714. The van der Waals surface area contributed by atoms with Gasteiger partial charge in [0.15, 0.2) is 0 Å². The van der Waals surface area contributed by atoms with Crippen molar-refractivity contribution in [2.75, 3.05) is 45.7 Å². The van der Waals surface area contributed by atoms with Gasteiger partial charge >= 0.3 is 0 Å². The number of ether oxygens (including phenoxy) is 1. The van der Waals surface area contributed by atoms with Gasteiger partial charge in [0.25, 0.3) is 5.91 Å². The molecule has 1 aromatic carbocycles. The second-order valence-corrected chi connectivity index (χ2v) is 8.38. The fraction of sp³-hybridized carbons (Fsp3) is 0.450. The van der Waals surface area contributed by atoms with Crippen molar-refractivity contribution in [2.45, 2.75) is 20.4 Å². The number of carbonyl (C=O) groups is 1. The molecule has 0 bridgehead atoms. The van der Waals surface area contributed by atoms with Gasteiger partial charge in [-0.3, -0.25) is 4.79 Å². The van der Waals surface area contributed by atoms with Crippen molar-refractivity contribution >= 4 is 22.2 Å². The zero-order valence-electron chi connectivity index (χ0n) is 16.1. The summed E-state index contributed by atoms with van der Waals surface area (Å²) in [4.78, 5) is 17.2. The van der Waals surface area contributed by atoms with Gasteiger partial charge in [-0.15, -0.1) is 11.3 Å². The Labute approximate surface area is 159 Å². The number of rotatable bonds is 5. The molecule has 1 fully saturated rings. The summed E-state index contributed by atoms with van der Waals surface area (Å²) in [6.07, 6.45) is 0. The van der Waals surface area contributed by atoms with Gasteiger partial charge in [0, 0.05) is 16.0 Å². The first-order valence-corrected chi connectivity index (χ1v) is 9.98. The summed E-state index contributed by atoms with van der Waals surface area (Å²) in [5.41, 5.74) is 3.26. The van der Waals surface area contributed by atoms with Gasteiger partial charge in [-0.1, -0.05) is 0 Å². The largest absolute Gasteiger partial charge is 0.497 e. The highest BCUT2D eigenvalue weighted by molar-refractivity contribution is 7.16. The average molecular weight is 376 g/mol. The molecule has 0 radical (unpaired) electrons. The van der Waals surface area contributed by atoms with Crippen molar-refractivity contribution in [2.24, 2.45) is 0 Å². The van der Waals surface area contributed by atoms with Crippen LogP contribution in [0.2, 0.25) is 0 Å². The van der Waals surface area contributed by atoms with E-state index in [2.05, 4.69) is 26.2 Å². The normalized spacial score (nSPS) is 20.0. The first-order chi connectivity index (χ1) is 12.5. The third-order valence-corrected chi connectivity index (χ3v) is 6.49. The Kier molecular flexibility index (Phi) is 5.96. The Bertz CT molecular complexity index is 762. The van der Waals surface area contributed by atoms with Gasteiger partial charge in [0.05, 0.1) is 14.2 Å². The summed E-state index contributed by atoms with van der Waals surface area (Å²) in [6.45, 7) is 10.1. The Morgan fingerprint density at radius 3 is 2.42 bits per heavy atom. The lowest BCUT2D eigenvalue weighted by Gasteiger charge is -2.27. The molecule has 1 amide bonds. The number of quaternary nitrogens is 2. The van der Waals surface area contributed by atoms with E-state index in [1.54, 1.807) is 40.4 Å². The molecule has 2 aromatic rings. The van der Waals surface area contributed by atoms with Crippen molar-refractivity contribution in [3.8, 4) is 5.75 Å². The van der Waals surface area contributed by atoms with Crippen LogP contribution in [0.15, 0.2) is 24.3 Å². The molecule has 26 heavy (non-hydrogen) atoms. The lowest BCUT2D eigenvalue weighted by atomic mass is 10.1. The number of anilines is 1. The van der Waals surface area contributed by atoms with Crippen molar-refractivity contribution in [3.63, 3.8) is 0 Å². The van der Waals surface area contributed by atoms with Gasteiger partial charge in [0.1, 0.15) is 43.5 Å². The first-order valence-electron chi connectivity index (χ1n) is 9.17. The van der Waals surface area contributed by atoms with Crippen LogP contribution in [0.3, 0.4) is 0 Å². The van der Waals surface area contributed by atoms with E-state index in [0.29, 0.717) is 5.56 Å². The van der Waals surface area contributed by atoms with Crippen molar-refractivity contribution < 1.29 is 19.3 Å². The standard InChI is InChI=1S/C20H27N3O2S/c1-14-15(2)26-20(18(14)13-23-11-9-22(3)10-12-23)21-19(24)16-5-7-17(25-4)8-6-16/h5-8H,9-13H2,1-4H3,(H,21,24)/p+2. The van der Waals surface area contributed by atoms with Crippen LogP contribution < -0.4 is 19.9 Å². The predicted molar refractivity (Wildman–Crippen MR) is 106 cm³/mol. The molecule has 6 heteroatoms. The molecular weight excluding hydrogens is 346 g/mol. The lowest BCUT2D eigenvalue weighted by Crippen LogP contribution is -3.26. The molecule has 2 heterocycles. The second-order valence-electron chi connectivity index (χ2n) is 7.16. The number of hydrogen-bond acceptors (Lipinski definition) is 3. The number of methoxy groups -OCH3 is 1. The summed E-state index contributed by atoms with van der Waals surface area (Å²) >= 11 is 1.69. The average Bonchev–Trinajstić information content (AvgIpc) is 2.91. The van der Waals surface area contributed by atoms with Gasteiger partial charge in [-0.2, -0.15) is 0 Å². The molecule has 5 nitrogen and oxygen atoms in total. The number of nitrogens with one attached hydrogen (secondary N) is 3. The van der Waals surface area contributed by atoms with Crippen LogP contribution in [0, 0.1) is 13.8 Å². The Hall–Kier alpha value is -1.89. The molecule has 0 saturated carbocycles. The number of carbonyl (C=O) groups excluding carboxylic acids is 1. The number of hydrogen-bond donors (Lipinski definition) is 3. The molecule has 1 saturated heterocycles. The summed E-state index contributed by atoms with van der Waals surface area (Å²) in [6, 6.07) is 7.24. The molecule has 1 aliphatic heterocycles. The van der Waals surface area contributed by atoms with Crippen LogP contribution in [0.25, 0.3) is 0 Å². The zero-order chi connectivity index (χ0) is 18.7. The third kappa shape index (κ3) is 4.26. The van der Waals surface area contributed by atoms with Crippen LogP contribution in [-0.4, -0.2) is 46.2 Å². The minimum atomic E-state index is -0.0621. The molecule has 0 unspecified atom stereocenters. The van der Waals surface area contributed by atoms with E-state index in [1.165, 1.54) is 42.2 Å². The van der Waals surface area contributed by atoms with Gasteiger partial charge in [-0.25, -0.2) is 0 Å². The number of amides is 1. The van der Waals surface area contributed by atoms with Gasteiger partial charge < -0.3 is 19.9 Å². The van der Waals surface area contributed by atoms with E-state index in [0.717, 1.165) is 17.3 Å². The maximum Gasteiger partial charge on any atom is 0.256 e. The van der Waals surface area contributed by atoms with E-state index < -0.39 is 0 Å². The van der Waals surface area contributed by atoms with Crippen molar-refractivity contribution in [1.82, 2.24) is 0 Å². The van der Waals surface area contributed by atoms with Crippen LogP contribution in [-0.2, 0) is 6.54 Å². The maximum absolute atomic E-state index is 12.7. The Balaban J connectivity index is 1.74. The van der Waals surface area contributed by atoms with E-state index in [9.17, 15) is 4.79 Å². The molecule has 0 atom stereocenters. The molecule has 0 aliphatic carbocycles. The smallest absolute Gasteiger partial charge is 0.256 e. The van der Waals surface area contributed by atoms with E-state index >= 15 is 0 Å². The number of thiophene rings is 1. The van der Waals surface area contributed by atoms with Crippen LogP contribution in [0.5, 0.6) is 5.75 Å². The summed E-state index contributed by atoms with van der Waals surface area (Å²) < 4.78 is 5.16. The SMILES string of the molecule is COc1ccc(C(=O)Nc2sc(C)c(C)c2C[NH+]2CC[NH+](C)CC2)cc1. The number of aryl methyl sites for hydroxylation is 1. The van der Waals surface area contributed by atoms with Gasteiger partial charge in [0.2, 0.25) is 0 Å². The van der Waals surface area contributed by atoms with Crippen LogP contribution >= 0.6 is 11.3 Å². The molecular formula is C20H29N3O2S+2. The highest BCUT2D eigenvalue weighted by Crippen LogP contribution is 2.32. The van der Waals surface area contributed by atoms with Crippen molar-refractivity contribution in [1.29, 1.82) is 0 Å². The van der Waals surface area contributed by atoms with Crippen LogP contribution in [0.1, 0.15) is 26.4 Å². The highest BCUT2D eigenvalue weighted by Gasteiger charge is 2.24. The van der Waals surface area contributed by atoms with Crippen LogP contribution in [0.4, 0.5) is 5.00 Å². The van der Waals surface area contributed by atoms with Gasteiger partial charge in [-0.05, 0) is 43.7 Å². The minimum absolute atomic E-state index is 0.0621. The minimum Gasteiger partial charge on any atom is -0.497 e. The first kappa shape index (κ1) is 18.9. The summed E-state index contributed by atoms with van der Waals surface area (Å²) in [7, 11) is 3.89.